The van der Waals surface area contributed by atoms with E-state index in [1.807, 2.05) is 52.0 Å². The van der Waals surface area contributed by atoms with Crippen LogP contribution in [0.2, 0.25) is 0 Å². The molecular formula is C88H151NO5. The molecule has 6 heteroatoms. The SMILES string of the molecule is CC=CC(=CC)C(=CC)C(=CC)C(C(N)=O)=C(C(=O)CCCCCCC/C=C\CCCCCCCC)C(C(=O)CCCCCCC/C=C\CCCCCCCC)(C(=O)CCCCCCC/C=C\CCCCCCCC)C(=O)CCCCCCC/C=C\CCCCCCCC. The number of amides is 1. The number of unbranched alkanes of at least 4 members (excludes halogenated alkanes) is 44. The fraction of sp³-hybridized carbons (Fsp3) is 0.739. The van der Waals surface area contributed by atoms with Crippen LogP contribution in [-0.2, 0) is 24.0 Å². The number of Topliss-reactive ketones (excluding diaryl/α,β-unsaturated/α-hetero) is 4. The van der Waals surface area contributed by atoms with Crippen LogP contribution in [-0.4, -0.2) is 29.0 Å². The largest absolute Gasteiger partial charge is 0.366 e. The molecule has 0 aliphatic carbocycles. The molecule has 0 spiro atoms. The zero-order valence-corrected chi connectivity index (χ0v) is 63.2. The van der Waals surface area contributed by atoms with Crippen LogP contribution in [0.3, 0.4) is 0 Å². The summed E-state index contributed by atoms with van der Waals surface area (Å²) in [5.74, 6) is -3.00. The number of primary amides is 1. The lowest BCUT2D eigenvalue weighted by Gasteiger charge is -2.34. The van der Waals surface area contributed by atoms with Gasteiger partial charge in [-0.15, -0.1) is 0 Å². The second-order valence-electron chi connectivity index (χ2n) is 27.5. The van der Waals surface area contributed by atoms with Gasteiger partial charge in [0.1, 0.15) is 0 Å². The Kier molecular flexibility index (Phi) is 64.4. The monoisotopic (exact) mass is 1300 g/mol. The summed E-state index contributed by atoms with van der Waals surface area (Å²) >= 11 is 0. The molecule has 0 saturated heterocycles. The standard InChI is InChI=1S/C88H151NO5/c1-9-17-21-25-29-33-37-41-45-49-53-57-61-65-69-74-81(90)86(85(87(89)94)80(16-8)79(15-7)78(14-6)73-13-5)88(82(91)75-70-66-62-58-54-50-46-42-38-34-30-26-22-18-10-2,83(92)76-71-67-63-59-55-51-47-43-39-35-31-27-23-19-11-3)84(93)77-72-68-64-60-56-52-48-44-40-36-32-28-24-20-12-4/h13-16,41-48,73H,9-12,17-40,49-72,74-77H2,1-8H3,(H2,89,94)/b45-41-,46-42-,47-43-,48-44-,73-13?,78-14?,79-15?,80-16?,86-85?. The number of hydrogen-bond donors (Lipinski definition) is 1. The highest BCUT2D eigenvalue weighted by molar-refractivity contribution is 6.33. The van der Waals surface area contributed by atoms with E-state index >= 15 is 19.2 Å². The third kappa shape index (κ3) is 45.3. The van der Waals surface area contributed by atoms with Gasteiger partial charge in [0.15, 0.2) is 28.5 Å². The molecule has 0 rings (SSSR count). The fourth-order valence-electron chi connectivity index (χ4n) is 13.4. The lowest BCUT2D eigenvalue weighted by molar-refractivity contribution is -0.148. The van der Waals surface area contributed by atoms with Gasteiger partial charge in [-0.05, 0) is 173 Å². The van der Waals surface area contributed by atoms with Gasteiger partial charge in [0, 0.05) is 31.3 Å². The van der Waals surface area contributed by atoms with E-state index in [2.05, 4.69) is 76.3 Å². The second-order valence-corrected chi connectivity index (χ2v) is 27.5. The molecule has 0 aromatic rings. The maximum absolute atomic E-state index is 16.1. The zero-order valence-electron chi connectivity index (χ0n) is 63.2. The molecule has 94 heavy (non-hydrogen) atoms. The molecule has 1 amide bonds. The maximum atomic E-state index is 16.1. The molecule has 0 heterocycles. The van der Waals surface area contributed by atoms with E-state index in [1.54, 1.807) is 6.08 Å². The minimum absolute atomic E-state index is 0.00157. The van der Waals surface area contributed by atoms with Gasteiger partial charge < -0.3 is 5.73 Å². The molecule has 0 aromatic heterocycles. The van der Waals surface area contributed by atoms with E-state index < -0.39 is 34.5 Å². The Balaban J connectivity index is 7.40. The summed E-state index contributed by atoms with van der Waals surface area (Å²) in [7, 11) is 0. The Bertz CT molecular complexity index is 2050. The van der Waals surface area contributed by atoms with Crippen molar-refractivity contribution in [3.63, 3.8) is 0 Å². The number of hydrogen-bond acceptors (Lipinski definition) is 5. The van der Waals surface area contributed by atoms with Crippen molar-refractivity contribution in [1.29, 1.82) is 0 Å². The van der Waals surface area contributed by atoms with Gasteiger partial charge in [-0.1, -0.05) is 312 Å². The molecule has 0 aliphatic rings. The van der Waals surface area contributed by atoms with E-state index in [1.165, 1.54) is 154 Å². The number of carbonyl (C=O) groups excluding carboxylic acids is 5. The van der Waals surface area contributed by atoms with Crippen LogP contribution in [0, 0.1) is 5.41 Å². The average Bonchev–Trinajstić information content (AvgIpc) is 0.739. The number of rotatable bonds is 70. The van der Waals surface area contributed by atoms with Crippen molar-refractivity contribution in [2.24, 2.45) is 11.1 Å². The third-order valence-corrected chi connectivity index (χ3v) is 19.2. The van der Waals surface area contributed by atoms with Crippen molar-refractivity contribution < 1.29 is 24.0 Å². The van der Waals surface area contributed by atoms with Crippen molar-refractivity contribution >= 4 is 29.0 Å². The predicted molar refractivity (Wildman–Crippen MR) is 413 cm³/mol. The number of allylic oxidation sites excluding steroid dienone is 16. The molecule has 0 fully saturated rings. The summed E-state index contributed by atoms with van der Waals surface area (Å²) in [6.07, 6.45) is 84.9. The molecule has 6 nitrogen and oxygen atoms in total. The first-order valence-corrected chi connectivity index (χ1v) is 40.4. The molecule has 0 saturated carbocycles. The first-order chi connectivity index (χ1) is 46.0. The van der Waals surface area contributed by atoms with Gasteiger partial charge in [0.25, 0.3) is 0 Å². The Morgan fingerprint density at radius 3 is 0.745 bits per heavy atom. The first-order valence-electron chi connectivity index (χ1n) is 40.4. The average molecular weight is 1300 g/mol. The van der Waals surface area contributed by atoms with Crippen molar-refractivity contribution in [3.8, 4) is 0 Å². The lowest BCUT2D eigenvalue weighted by Crippen LogP contribution is -2.51. The molecule has 0 atom stereocenters. The lowest BCUT2D eigenvalue weighted by atomic mass is 9.62. The van der Waals surface area contributed by atoms with E-state index in [0.717, 1.165) is 160 Å². The molecule has 0 aliphatic heterocycles. The van der Waals surface area contributed by atoms with Crippen molar-refractivity contribution in [2.75, 3.05) is 0 Å². The van der Waals surface area contributed by atoms with Crippen molar-refractivity contribution in [2.45, 2.75) is 415 Å². The van der Waals surface area contributed by atoms with Crippen LogP contribution in [0.5, 0.6) is 0 Å². The van der Waals surface area contributed by atoms with Crippen LogP contribution >= 0.6 is 0 Å². The van der Waals surface area contributed by atoms with E-state index in [9.17, 15) is 4.79 Å². The van der Waals surface area contributed by atoms with E-state index in [4.69, 9.17) is 5.73 Å². The molecule has 2 N–H and O–H groups in total. The molecule has 0 aromatic carbocycles. The number of nitrogens with two attached hydrogens (primary N) is 1. The third-order valence-electron chi connectivity index (χ3n) is 19.2. The van der Waals surface area contributed by atoms with Crippen LogP contribution in [0.4, 0.5) is 0 Å². The summed E-state index contributed by atoms with van der Waals surface area (Å²) in [6, 6.07) is 0. The molecule has 538 valence electrons. The van der Waals surface area contributed by atoms with Crippen LogP contribution in [0.15, 0.2) is 107 Å². The summed E-state index contributed by atoms with van der Waals surface area (Å²) in [5, 5.41) is 0. The first kappa shape index (κ1) is 89.8. The van der Waals surface area contributed by atoms with Gasteiger partial charge in [0.05, 0.1) is 5.57 Å². The quantitative estimate of drug-likeness (QED) is 0.0214. The Hall–Kier alpha value is -4.19. The predicted octanol–water partition coefficient (Wildman–Crippen LogP) is 27.6. The normalized spacial score (nSPS) is 13.1. The topological polar surface area (TPSA) is 111 Å². The van der Waals surface area contributed by atoms with E-state index in [-0.39, 0.29) is 36.8 Å². The fourth-order valence-corrected chi connectivity index (χ4v) is 13.4. The van der Waals surface area contributed by atoms with Gasteiger partial charge in [-0.3, -0.25) is 24.0 Å². The molecule has 0 radical (unpaired) electrons. The number of ketones is 4. The Morgan fingerprint density at radius 1 is 0.287 bits per heavy atom. The van der Waals surface area contributed by atoms with Crippen molar-refractivity contribution in [3.05, 3.63) is 107 Å². The summed E-state index contributed by atoms with van der Waals surface area (Å²) in [5.41, 5.74) is 5.58. The van der Waals surface area contributed by atoms with Crippen LogP contribution in [0.25, 0.3) is 0 Å². The minimum atomic E-state index is -2.46. The van der Waals surface area contributed by atoms with Crippen LogP contribution < -0.4 is 5.73 Å². The van der Waals surface area contributed by atoms with Crippen LogP contribution in [0.1, 0.15) is 415 Å². The second kappa shape index (κ2) is 67.4. The van der Waals surface area contributed by atoms with Gasteiger partial charge in [-0.2, -0.15) is 0 Å². The minimum Gasteiger partial charge on any atom is -0.366 e. The Morgan fingerprint density at radius 2 is 0.521 bits per heavy atom. The van der Waals surface area contributed by atoms with Crippen molar-refractivity contribution in [1.82, 2.24) is 0 Å². The zero-order chi connectivity index (χ0) is 69.1. The Labute approximate surface area is 582 Å². The van der Waals surface area contributed by atoms with Gasteiger partial charge in [0.2, 0.25) is 5.91 Å². The van der Waals surface area contributed by atoms with Gasteiger partial charge in [-0.25, -0.2) is 0 Å². The highest BCUT2D eigenvalue weighted by Crippen LogP contribution is 2.44. The smallest absolute Gasteiger partial charge is 0.249 e. The van der Waals surface area contributed by atoms with Gasteiger partial charge >= 0.3 is 0 Å². The number of carbonyl (C=O) groups is 5. The highest BCUT2D eigenvalue weighted by Gasteiger charge is 2.56. The summed E-state index contributed by atoms with van der Waals surface area (Å²) in [6.45, 7) is 16.6. The maximum Gasteiger partial charge on any atom is 0.249 e. The molecule has 0 unspecified atom stereocenters. The molecular weight excluding hydrogens is 1150 g/mol. The summed E-state index contributed by atoms with van der Waals surface area (Å²) in [4.78, 5) is 78.8. The van der Waals surface area contributed by atoms with E-state index in [0.29, 0.717) is 36.8 Å². The summed E-state index contributed by atoms with van der Waals surface area (Å²) < 4.78 is 0. The highest BCUT2D eigenvalue weighted by atomic mass is 16.2. The molecule has 0 bridgehead atoms.